The number of aryl methyl sites for hydroxylation is 1. The van der Waals surface area contributed by atoms with Gasteiger partial charge in [-0.1, -0.05) is 26.0 Å². The van der Waals surface area contributed by atoms with E-state index in [2.05, 4.69) is 10.3 Å². The first-order valence-electron chi connectivity index (χ1n) is 8.86. The van der Waals surface area contributed by atoms with Gasteiger partial charge in [-0.3, -0.25) is 18.7 Å². The summed E-state index contributed by atoms with van der Waals surface area (Å²) in [6.07, 6.45) is 1.37. The molecular formula is C19H22FN5O3. The smallest absolute Gasteiger partial charge is 0.332 e. The Morgan fingerprint density at radius 2 is 1.79 bits per heavy atom. The zero-order valence-electron chi connectivity index (χ0n) is 16.1. The molecular weight excluding hydrogens is 365 g/mol. The first kappa shape index (κ1) is 19.5. The van der Waals surface area contributed by atoms with Crippen LogP contribution >= 0.6 is 0 Å². The summed E-state index contributed by atoms with van der Waals surface area (Å²) in [6.45, 7) is 3.77. The SMILES string of the molecule is CC(C)C(NC(=O)Cn1cnc2c1c(=O)n(C)c(=O)n2C)c1ccc(F)cc1. The van der Waals surface area contributed by atoms with Crippen molar-refractivity contribution in [3.05, 3.63) is 62.8 Å². The lowest BCUT2D eigenvalue weighted by Gasteiger charge is -2.23. The number of rotatable bonds is 5. The van der Waals surface area contributed by atoms with Gasteiger partial charge in [-0.15, -0.1) is 0 Å². The van der Waals surface area contributed by atoms with Crippen molar-refractivity contribution in [1.82, 2.24) is 24.0 Å². The standard InChI is InChI=1S/C19H22FN5O3/c1-11(2)15(12-5-7-13(20)8-6-12)22-14(26)9-25-10-21-17-16(25)18(27)24(4)19(28)23(17)3/h5-8,10-11,15H,9H2,1-4H3,(H,22,26). The molecule has 2 heterocycles. The third-order valence-corrected chi connectivity index (χ3v) is 4.74. The summed E-state index contributed by atoms with van der Waals surface area (Å²) in [6, 6.07) is 5.67. The molecule has 1 amide bonds. The number of carbonyl (C=O) groups is 1. The Morgan fingerprint density at radius 3 is 2.39 bits per heavy atom. The van der Waals surface area contributed by atoms with Gasteiger partial charge in [-0.25, -0.2) is 14.2 Å². The predicted molar refractivity (Wildman–Crippen MR) is 102 cm³/mol. The Hall–Kier alpha value is -3.23. The molecule has 0 bridgehead atoms. The van der Waals surface area contributed by atoms with Crippen molar-refractivity contribution in [1.29, 1.82) is 0 Å². The van der Waals surface area contributed by atoms with Crippen molar-refractivity contribution in [3.63, 3.8) is 0 Å². The number of benzene rings is 1. The van der Waals surface area contributed by atoms with Crippen molar-refractivity contribution in [2.24, 2.45) is 20.0 Å². The normalized spacial score (nSPS) is 12.5. The third-order valence-electron chi connectivity index (χ3n) is 4.74. The van der Waals surface area contributed by atoms with Crippen LogP contribution in [-0.2, 0) is 25.4 Å². The summed E-state index contributed by atoms with van der Waals surface area (Å²) in [5.74, 6) is -0.593. The first-order valence-corrected chi connectivity index (χ1v) is 8.86. The molecule has 0 radical (unpaired) electrons. The molecule has 0 aliphatic rings. The largest absolute Gasteiger partial charge is 0.347 e. The number of hydrogen-bond donors (Lipinski definition) is 1. The average molecular weight is 387 g/mol. The van der Waals surface area contributed by atoms with Crippen LogP contribution in [0.1, 0.15) is 25.5 Å². The van der Waals surface area contributed by atoms with Crippen molar-refractivity contribution in [3.8, 4) is 0 Å². The van der Waals surface area contributed by atoms with E-state index in [1.165, 1.54) is 41.7 Å². The zero-order valence-corrected chi connectivity index (χ0v) is 16.1. The van der Waals surface area contributed by atoms with E-state index in [-0.39, 0.29) is 41.4 Å². The fourth-order valence-electron chi connectivity index (χ4n) is 3.20. The lowest BCUT2D eigenvalue weighted by molar-refractivity contribution is -0.122. The molecule has 1 N–H and O–H groups in total. The Morgan fingerprint density at radius 1 is 1.14 bits per heavy atom. The molecule has 9 heteroatoms. The van der Waals surface area contributed by atoms with Crippen LogP contribution < -0.4 is 16.6 Å². The first-order chi connectivity index (χ1) is 13.2. The van der Waals surface area contributed by atoms with E-state index in [0.717, 1.165) is 10.1 Å². The highest BCUT2D eigenvalue weighted by molar-refractivity contribution is 5.79. The van der Waals surface area contributed by atoms with Gasteiger partial charge in [0.25, 0.3) is 5.56 Å². The molecule has 28 heavy (non-hydrogen) atoms. The lowest BCUT2D eigenvalue weighted by Crippen LogP contribution is -2.38. The van der Waals surface area contributed by atoms with Gasteiger partial charge in [0.15, 0.2) is 11.2 Å². The van der Waals surface area contributed by atoms with Crippen molar-refractivity contribution >= 4 is 17.1 Å². The highest BCUT2D eigenvalue weighted by Crippen LogP contribution is 2.22. The summed E-state index contributed by atoms with van der Waals surface area (Å²) >= 11 is 0. The molecule has 2 aromatic heterocycles. The van der Waals surface area contributed by atoms with Gasteiger partial charge in [0.2, 0.25) is 5.91 Å². The van der Waals surface area contributed by atoms with Gasteiger partial charge in [-0.2, -0.15) is 0 Å². The fraction of sp³-hybridized carbons (Fsp3) is 0.368. The highest BCUT2D eigenvalue weighted by Gasteiger charge is 2.20. The molecule has 148 valence electrons. The van der Waals surface area contributed by atoms with E-state index in [1.54, 1.807) is 12.1 Å². The average Bonchev–Trinajstić information content (AvgIpc) is 3.07. The molecule has 3 rings (SSSR count). The van der Waals surface area contributed by atoms with E-state index < -0.39 is 11.2 Å². The topological polar surface area (TPSA) is 90.9 Å². The minimum Gasteiger partial charge on any atom is -0.347 e. The van der Waals surface area contributed by atoms with Crippen LogP contribution in [0.25, 0.3) is 11.2 Å². The van der Waals surface area contributed by atoms with Crippen molar-refractivity contribution < 1.29 is 9.18 Å². The number of nitrogens with zero attached hydrogens (tertiary/aromatic N) is 4. The molecule has 1 atom stereocenters. The molecule has 0 aliphatic carbocycles. The molecule has 1 aromatic carbocycles. The fourth-order valence-corrected chi connectivity index (χ4v) is 3.20. The number of nitrogens with one attached hydrogen (secondary N) is 1. The molecule has 1 unspecified atom stereocenters. The van der Waals surface area contributed by atoms with E-state index >= 15 is 0 Å². The Kier molecular flexibility index (Phi) is 5.17. The van der Waals surface area contributed by atoms with Crippen LogP contribution in [0, 0.1) is 11.7 Å². The second kappa shape index (κ2) is 7.41. The number of imidazole rings is 1. The van der Waals surface area contributed by atoms with Crippen LogP contribution in [0.15, 0.2) is 40.2 Å². The second-order valence-electron chi connectivity index (χ2n) is 7.09. The molecule has 0 saturated carbocycles. The maximum absolute atomic E-state index is 13.2. The van der Waals surface area contributed by atoms with Crippen molar-refractivity contribution in [2.45, 2.75) is 26.4 Å². The number of halogens is 1. The van der Waals surface area contributed by atoms with Gasteiger partial charge in [0.05, 0.1) is 12.4 Å². The van der Waals surface area contributed by atoms with Crippen LogP contribution in [-0.4, -0.2) is 24.6 Å². The summed E-state index contributed by atoms with van der Waals surface area (Å²) in [5.41, 5.74) is 0.201. The van der Waals surface area contributed by atoms with Crippen LogP contribution in [0.2, 0.25) is 0 Å². The Labute approximate surface area is 160 Å². The molecule has 0 fully saturated rings. The van der Waals surface area contributed by atoms with E-state index in [1.807, 2.05) is 13.8 Å². The van der Waals surface area contributed by atoms with Gasteiger partial charge < -0.3 is 9.88 Å². The number of carbonyl (C=O) groups excluding carboxylic acids is 1. The maximum Gasteiger partial charge on any atom is 0.332 e. The van der Waals surface area contributed by atoms with Gasteiger partial charge in [-0.05, 0) is 23.6 Å². The number of hydrogen-bond acceptors (Lipinski definition) is 4. The van der Waals surface area contributed by atoms with Gasteiger partial charge >= 0.3 is 5.69 Å². The second-order valence-corrected chi connectivity index (χ2v) is 7.09. The van der Waals surface area contributed by atoms with Crippen LogP contribution in [0.5, 0.6) is 0 Å². The van der Waals surface area contributed by atoms with Crippen LogP contribution in [0.3, 0.4) is 0 Å². The number of aromatic nitrogens is 4. The van der Waals surface area contributed by atoms with E-state index in [0.29, 0.717) is 0 Å². The Balaban J connectivity index is 1.89. The minimum absolute atomic E-state index is 0.0719. The van der Waals surface area contributed by atoms with Gasteiger partial charge in [0, 0.05) is 14.1 Å². The quantitative estimate of drug-likeness (QED) is 0.709. The van der Waals surface area contributed by atoms with Crippen molar-refractivity contribution in [2.75, 3.05) is 0 Å². The number of amides is 1. The zero-order chi connectivity index (χ0) is 20.6. The summed E-state index contributed by atoms with van der Waals surface area (Å²) in [7, 11) is 2.90. The summed E-state index contributed by atoms with van der Waals surface area (Å²) in [5, 5.41) is 2.93. The molecule has 0 aliphatic heterocycles. The Bertz CT molecular complexity index is 1140. The van der Waals surface area contributed by atoms with E-state index in [9.17, 15) is 18.8 Å². The van der Waals surface area contributed by atoms with E-state index in [4.69, 9.17) is 0 Å². The third kappa shape index (κ3) is 3.47. The maximum atomic E-state index is 13.2. The highest BCUT2D eigenvalue weighted by atomic mass is 19.1. The van der Waals surface area contributed by atoms with Gasteiger partial charge in [0.1, 0.15) is 12.4 Å². The molecule has 8 nitrogen and oxygen atoms in total. The lowest BCUT2D eigenvalue weighted by atomic mass is 9.96. The van der Waals surface area contributed by atoms with Crippen LogP contribution in [0.4, 0.5) is 4.39 Å². The molecule has 3 aromatic rings. The predicted octanol–water partition coefficient (Wildman–Crippen LogP) is 1.09. The molecule has 0 spiro atoms. The number of fused-ring (bicyclic) bond motifs is 1. The monoisotopic (exact) mass is 387 g/mol. The minimum atomic E-state index is -0.512. The molecule has 0 saturated heterocycles. The summed E-state index contributed by atoms with van der Waals surface area (Å²) < 4.78 is 16.9. The summed E-state index contributed by atoms with van der Waals surface area (Å²) in [4.78, 5) is 41.2.